The Morgan fingerprint density at radius 3 is 2.58 bits per heavy atom. The summed E-state index contributed by atoms with van der Waals surface area (Å²) in [7, 11) is 5.53. The van der Waals surface area contributed by atoms with Gasteiger partial charge in [0.2, 0.25) is 5.91 Å². The summed E-state index contributed by atoms with van der Waals surface area (Å²) in [5.74, 6) is -0.0697. The van der Waals surface area contributed by atoms with E-state index < -0.39 is 12.0 Å². The lowest BCUT2D eigenvalue weighted by molar-refractivity contribution is -0.140. The lowest BCUT2D eigenvalue weighted by Crippen LogP contribution is -2.55. The summed E-state index contributed by atoms with van der Waals surface area (Å²) in [4.78, 5) is 46.4. The van der Waals surface area contributed by atoms with E-state index in [0.29, 0.717) is 44.8 Å². The van der Waals surface area contributed by atoms with Crippen molar-refractivity contribution in [2.24, 2.45) is 0 Å². The van der Waals surface area contributed by atoms with Gasteiger partial charge in [-0.15, -0.1) is 0 Å². The summed E-state index contributed by atoms with van der Waals surface area (Å²) in [6.45, 7) is 8.38. The molecule has 0 unspecified atom stereocenters. The molecule has 6 rings (SSSR count). The number of likely N-dealkylation sites (N-methyl/N-ethyl adjacent to an activating group) is 2. The minimum atomic E-state index is -0.557. The molecule has 0 radical (unpaired) electrons. The number of esters is 1. The van der Waals surface area contributed by atoms with Crippen molar-refractivity contribution in [3.63, 3.8) is 0 Å². The van der Waals surface area contributed by atoms with E-state index in [2.05, 4.69) is 71.1 Å². The fourth-order valence-electron chi connectivity index (χ4n) is 7.44. The molecule has 12 nitrogen and oxygen atoms in total. The number of hydrogen-bond donors (Lipinski definition) is 0. The average Bonchev–Trinajstić information content (AvgIpc) is 3.53. The number of nitrogens with zero attached hydrogens (tertiary/aromatic N) is 8. The number of carbonyl (C=O) groups excluding carboxylic acids is 2. The first kappa shape index (κ1) is 35.0. The molecular weight excluding hydrogens is 632 g/mol. The largest absolute Gasteiger partial charge is 0.462 e. The Labute approximate surface area is 294 Å². The van der Waals surface area contributed by atoms with Gasteiger partial charge in [-0.3, -0.25) is 4.79 Å². The number of anilines is 2. The molecule has 3 aliphatic heterocycles. The summed E-state index contributed by atoms with van der Waals surface area (Å²) < 4.78 is 11.5. The van der Waals surface area contributed by atoms with Gasteiger partial charge in [0, 0.05) is 69.0 Å². The lowest BCUT2D eigenvalue weighted by atomic mass is 9.99. The summed E-state index contributed by atoms with van der Waals surface area (Å²) in [5, 5.41) is 12.3. The first-order valence-corrected chi connectivity index (χ1v) is 17.6. The number of piperazine rings is 1. The van der Waals surface area contributed by atoms with E-state index in [0.717, 1.165) is 49.4 Å². The number of amides is 1. The number of rotatable bonds is 10. The number of aromatic nitrogens is 2. The molecule has 1 amide bonds. The predicted octanol–water partition coefficient (Wildman–Crippen LogP) is 3.91. The fraction of sp³-hybridized carbons (Fsp3) is 0.500. The number of benzene rings is 2. The van der Waals surface area contributed by atoms with Gasteiger partial charge in [-0.25, -0.2) is 4.79 Å². The molecular formula is C38H48N8O4. The Bertz CT molecular complexity index is 1800. The smallest absolute Gasteiger partial charge is 0.354 e. The molecule has 2 atom stereocenters. The molecule has 2 fully saturated rings. The maximum Gasteiger partial charge on any atom is 0.354 e. The van der Waals surface area contributed by atoms with Crippen LogP contribution in [0.1, 0.15) is 43.0 Å². The molecule has 4 heterocycles. The normalized spacial score (nSPS) is 19.7. The Morgan fingerprint density at radius 2 is 1.86 bits per heavy atom. The molecule has 1 aromatic heterocycles. The summed E-state index contributed by atoms with van der Waals surface area (Å²) in [6.07, 6.45) is 4.43. The van der Waals surface area contributed by atoms with E-state index in [4.69, 9.17) is 19.4 Å². The zero-order valence-electron chi connectivity index (χ0n) is 29.9. The first-order chi connectivity index (χ1) is 24.2. The van der Waals surface area contributed by atoms with E-state index in [9.17, 15) is 14.9 Å². The average molecular weight is 681 g/mol. The first-order valence-electron chi connectivity index (χ1n) is 17.6. The van der Waals surface area contributed by atoms with E-state index in [1.807, 2.05) is 0 Å². The molecule has 50 heavy (non-hydrogen) atoms. The number of aryl methyl sites for hydroxylation is 1. The zero-order chi connectivity index (χ0) is 35.4. The van der Waals surface area contributed by atoms with Crippen molar-refractivity contribution >= 4 is 34.2 Å². The van der Waals surface area contributed by atoms with Crippen LogP contribution >= 0.6 is 0 Å². The Balaban J connectivity index is 1.30. The van der Waals surface area contributed by atoms with Crippen LogP contribution in [0.5, 0.6) is 6.01 Å². The van der Waals surface area contributed by atoms with Crippen LogP contribution < -0.4 is 14.5 Å². The predicted molar refractivity (Wildman–Crippen MR) is 193 cm³/mol. The van der Waals surface area contributed by atoms with E-state index in [-0.39, 0.29) is 24.6 Å². The number of nitriles is 1. The van der Waals surface area contributed by atoms with Gasteiger partial charge >= 0.3 is 12.0 Å². The van der Waals surface area contributed by atoms with Crippen LogP contribution in [0.15, 0.2) is 48.2 Å². The molecule has 0 N–H and O–H groups in total. The Morgan fingerprint density at radius 1 is 1.06 bits per heavy atom. The highest BCUT2D eigenvalue weighted by Crippen LogP contribution is 2.36. The van der Waals surface area contributed by atoms with Gasteiger partial charge in [0.25, 0.3) is 0 Å². The van der Waals surface area contributed by atoms with Crippen molar-refractivity contribution in [3.8, 4) is 12.1 Å². The Hall–Kier alpha value is -4.89. The SMILES string of the molecule is CCOC(=O)/C(=C\C(=O)N1CCN(c2nc(OC[C@@H]3CCCN3C)nc3c2CCN(c2cccc4cccc(C)c24)C3)C[C@@H]1CC#N)N(C)C. The van der Waals surface area contributed by atoms with Gasteiger partial charge in [-0.2, -0.15) is 15.2 Å². The summed E-state index contributed by atoms with van der Waals surface area (Å²) in [5.41, 5.74) is 4.61. The molecule has 0 aliphatic carbocycles. The second kappa shape index (κ2) is 15.3. The molecule has 264 valence electrons. The standard InChI is InChI=1S/C38H48N8O4/c1-6-49-37(48)33(42(3)4)22-34(47)46-21-20-45(23-28(46)15-17-39)36-30-16-19-44(32-14-8-12-27-11-7-10-26(2)35(27)32)24-31(30)40-38(41-36)50-25-29-13-9-18-43(29)5/h7-8,10-12,14,22,28-29H,6,9,13,15-16,18-21,23-25H2,1-5H3/b33-22+/t28-,29-/m0/s1. The maximum atomic E-state index is 13.6. The van der Waals surface area contributed by atoms with Gasteiger partial charge in [0.15, 0.2) is 0 Å². The van der Waals surface area contributed by atoms with Crippen molar-refractivity contribution in [2.75, 3.05) is 76.9 Å². The monoisotopic (exact) mass is 680 g/mol. The molecule has 3 aromatic rings. The topological polar surface area (TPSA) is 118 Å². The molecule has 3 aliphatic rings. The summed E-state index contributed by atoms with van der Waals surface area (Å²) in [6, 6.07) is 15.4. The van der Waals surface area contributed by atoms with E-state index >= 15 is 0 Å². The van der Waals surface area contributed by atoms with Crippen LogP contribution in [0.4, 0.5) is 11.5 Å². The minimum Gasteiger partial charge on any atom is -0.462 e. The van der Waals surface area contributed by atoms with Crippen LogP contribution in [-0.2, 0) is 27.3 Å². The molecule has 0 bridgehead atoms. The third-order valence-corrected chi connectivity index (χ3v) is 10.1. The molecule has 2 saturated heterocycles. The molecule has 0 spiro atoms. The molecule has 2 aromatic carbocycles. The van der Waals surface area contributed by atoms with E-state index in [1.54, 1.807) is 30.8 Å². The van der Waals surface area contributed by atoms with Crippen molar-refractivity contribution < 1.29 is 19.1 Å². The number of ether oxygens (including phenoxy) is 2. The van der Waals surface area contributed by atoms with Gasteiger partial charge in [0.1, 0.15) is 18.1 Å². The number of likely N-dealkylation sites (tertiary alicyclic amines) is 1. The van der Waals surface area contributed by atoms with Crippen molar-refractivity contribution in [2.45, 2.75) is 58.2 Å². The number of fused-ring (bicyclic) bond motifs is 2. The van der Waals surface area contributed by atoms with Crippen LogP contribution in [0.2, 0.25) is 0 Å². The van der Waals surface area contributed by atoms with Crippen molar-refractivity contribution in [1.29, 1.82) is 5.26 Å². The van der Waals surface area contributed by atoms with Crippen molar-refractivity contribution in [3.05, 3.63) is 65.0 Å². The third-order valence-electron chi connectivity index (χ3n) is 10.1. The molecule has 0 saturated carbocycles. The van der Waals surface area contributed by atoms with Crippen molar-refractivity contribution in [1.82, 2.24) is 24.7 Å². The minimum absolute atomic E-state index is 0.144. The van der Waals surface area contributed by atoms with Gasteiger partial charge in [-0.05, 0) is 63.7 Å². The zero-order valence-corrected chi connectivity index (χ0v) is 29.9. The van der Waals surface area contributed by atoms with Gasteiger partial charge < -0.3 is 34.0 Å². The van der Waals surface area contributed by atoms with E-state index in [1.165, 1.54) is 28.1 Å². The highest BCUT2D eigenvalue weighted by Gasteiger charge is 2.34. The molecule has 12 heteroatoms. The van der Waals surface area contributed by atoms with Crippen LogP contribution in [-0.4, -0.2) is 116 Å². The van der Waals surface area contributed by atoms with Crippen LogP contribution in [0, 0.1) is 18.3 Å². The number of hydrogen-bond acceptors (Lipinski definition) is 11. The second-order valence-corrected chi connectivity index (χ2v) is 13.6. The lowest BCUT2D eigenvalue weighted by Gasteiger charge is -2.42. The highest BCUT2D eigenvalue weighted by molar-refractivity contribution is 5.98. The second-order valence-electron chi connectivity index (χ2n) is 13.6. The van der Waals surface area contributed by atoms with Gasteiger partial charge in [0.05, 0.1) is 37.4 Å². The maximum absolute atomic E-state index is 13.6. The summed E-state index contributed by atoms with van der Waals surface area (Å²) >= 11 is 0. The third kappa shape index (κ3) is 7.33. The Kier molecular flexibility index (Phi) is 10.7. The fourth-order valence-corrected chi connectivity index (χ4v) is 7.44. The quantitative estimate of drug-likeness (QED) is 0.229. The van der Waals surface area contributed by atoms with Crippen LogP contribution in [0.3, 0.4) is 0 Å². The van der Waals surface area contributed by atoms with Crippen LogP contribution in [0.25, 0.3) is 10.8 Å². The van der Waals surface area contributed by atoms with Gasteiger partial charge in [-0.1, -0.05) is 30.3 Å². The highest BCUT2D eigenvalue weighted by atomic mass is 16.5. The number of carbonyl (C=O) groups is 2.